The fraction of sp³-hybridized carbons (Fsp3) is 0.810. The minimum absolute atomic E-state index is 0.112. The molecule has 0 bridgehead atoms. The number of nitrogens with zero attached hydrogens (tertiary/aromatic N) is 1. The van der Waals surface area contributed by atoms with Crippen LogP contribution < -0.4 is 0 Å². The lowest BCUT2D eigenvalue weighted by molar-refractivity contribution is -0.137. The smallest absolute Gasteiger partial charge is 0.253 e. The van der Waals surface area contributed by atoms with Gasteiger partial charge in [0.25, 0.3) is 11.8 Å². The van der Waals surface area contributed by atoms with Gasteiger partial charge in [0.2, 0.25) is 0 Å². The van der Waals surface area contributed by atoms with E-state index in [4.69, 9.17) is 14.2 Å². The molecule has 0 aromatic carbocycles. The highest BCUT2D eigenvalue weighted by atomic mass is 16.5. The van der Waals surface area contributed by atoms with Crippen LogP contribution in [0.5, 0.6) is 0 Å². The molecule has 0 aliphatic carbocycles. The van der Waals surface area contributed by atoms with E-state index < -0.39 is 0 Å². The molecule has 0 radical (unpaired) electrons. The lowest BCUT2D eigenvalue weighted by Crippen LogP contribution is -2.37. The summed E-state index contributed by atoms with van der Waals surface area (Å²) < 4.78 is 17.1. The van der Waals surface area contributed by atoms with Crippen LogP contribution in [0, 0.1) is 5.41 Å². The highest BCUT2D eigenvalue weighted by Crippen LogP contribution is 2.36. The average Bonchev–Trinajstić information content (AvgIpc) is 2.87. The third kappa shape index (κ3) is 9.00. The van der Waals surface area contributed by atoms with E-state index in [1.807, 2.05) is 34.6 Å². The molecule has 1 heterocycles. The predicted octanol–water partition coefficient (Wildman–Crippen LogP) is 3.34. The van der Waals surface area contributed by atoms with Gasteiger partial charge >= 0.3 is 0 Å². The fourth-order valence-corrected chi connectivity index (χ4v) is 3.15. The van der Waals surface area contributed by atoms with Crippen LogP contribution in [0.1, 0.15) is 60.3 Å². The van der Waals surface area contributed by atoms with Gasteiger partial charge < -0.3 is 14.2 Å². The van der Waals surface area contributed by atoms with E-state index in [0.29, 0.717) is 32.8 Å². The molecule has 0 saturated carbocycles. The summed E-state index contributed by atoms with van der Waals surface area (Å²) in [4.78, 5) is 25.1. The van der Waals surface area contributed by atoms with Crippen LogP contribution in [-0.2, 0) is 23.8 Å². The summed E-state index contributed by atoms with van der Waals surface area (Å²) in [5.41, 5.74) is -0.314. The highest BCUT2D eigenvalue weighted by Gasteiger charge is 2.33. The molecule has 1 unspecified atom stereocenters. The summed E-state index contributed by atoms with van der Waals surface area (Å²) >= 11 is 0. The Morgan fingerprint density at radius 1 is 0.926 bits per heavy atom. The zero-order valence-corrected chi connectivity index (χ0v) is 17.9. The summed E-state index contributed by atoms with van der Waals surface area (Å²) in [6.07, 6.45) is 6.06. The van der Waals surface area contributed by atoms with Crippen LogP contribution in [0.4, 0.5) is 0 Å². The molecule has 0 spiro atoms. The van der Waals surface area contributed by atoms with Crippen molar-refractivity contribution in [3.63, 3.8) is 0 Å². The topological polar surface area (TPSA) is 65.1 Å². The Hall–Kier alpha value is -1.24. The molecular formula is C21H37NO5. The molecule has 6 heteroatoms. The van der Waals surface area contributed by atoms with E-state index in [9.17, 15) is 9.59 Å². The first kappa shape index (κ1) is 23.8. The molecule has 0 N–H and O–H groups in total. The van der Waals surface area contributed by atoms with Gasteiger partial charge in [-0.15, -0.1) is 0 Å². The van der Waals surface area contributed by atoms with Gasteiger partial charge in [-0.3, -0.25) is 14.5 Å². The van der Waals surface area contributed by atoms with E-state index in [2.05, 4.69) is 0 Å². The molecule has 6 nitrogen and oxygen atoms in total. The maximum atomic E-state index is 11.9. The van der Waals surface area contributed by atoms with Crippen molar-refractivity contribution < 1.29 is 23.8 Å². The van der Waals surface area contributed by atoms with Crippen molar-refractivity contribution in [3.05, 3.63) is 12.2 Å². The molecular weight excluding hydrogens is 346 g/mol. The Labute approximate surface area is 164 Å². The maximum Gasteiger partial charge on any atom is 0.253 e. The molecule has 1 atom stereocenters. The van der Waals surface area contributed by atoms with Crippen LogP contribution in [0.3, 0.4) is 0 Å². The second-order valence-corrected chi connectivity index (χ2v) is 8.53. The van der Waals surface area contributed by atoms with Gasteiger partial charge in [-0.05, 0) is 65.7 Å². The third-order valence-corrected chi connectivity index (χ3v) is 4.85. The molecule has 27 heavy (non-hydrogen) atoms. The van der Waals surface area contributed by atoms with Crippen molar-refractivity contribution in [3.8, 4) is 0 Å². The summed E-state index contributed by atoms with van der Waals surface area (Å²) in [5, 5.41) is 0. The second kappa shape index (κ2) is 10.9. The second-order valence-electron chi connectivity index (χ2n) is 8.53. The lowest BCUT2D eigenvalue weighted by atomic mass is 9.75. The Balaban J connectivity index is 2.82. The zero-order valence-electron chi connectivity index (χ0n) is 17.9. The van der Waals surface area contributed by atoms with Crippen LogP contribution >= 0.6 is 0 Å². The number of amides is 2. The predicted molar refractivity (Wildman–Crippen MR) is 105 cm³/mol. The van der Waals surface area contributed by atoms with Gasteiger partial charge in [0.1, 0.15) is 0 Å². The largest absolute Gasteiger partial charge is 0.385 e. The minimum atomic E-state index is -0.231. The van der Waals surface area contributed by atoms with Gasteiger partial charge in [0.05, 0.1) is 11.7 Å². The van der Waals surface area contributed by atoms with Crippen molar-refractivity contribution in [1.29, 1.82) is 0 Å². The molecule has 0 saturated heterocycles. The van der Waals surface area contributed by atoms with Crippen LogP contribution in [0.2, 0.25) is 0 Å². The number of rotatable bonds is 13. The lowest BCUT2D eigenvalue weighted by Gasteiger charge is -2.36. The quantitative estimate of drug-likeness (QED) is 0.456. The van der Waals surface area contributed by atoms with Crippen molar-refractivity contribution in [2.45, 2.75) is 72.0 Å². The molecule has 1 aliphatic heterocycles. The molecule has 156 valence electrons. The Morgan fingerprint density at radius 2 is 1.48 bits per heavy atom. The number of hydrogen-bond acceptors (Lipinski definition) is 5. The normalized spacial score (nSPS) is 17.2. The fourth-order valence-electron chi connectivity index (χ4n) is 3.15. The SMILES string of the molecule is COCCC(CCOC(C)C)(CCOC(C)(C)C)CCN1C(=O)C=CC1=O. The van der Waals surface area contributed by atoms with Crippen molar-refractivity contribution in [2.75, 3.05) is 33.5 Å². The number of carbonyl (C=O) groups is 2. The first-order chi connectivity index (χ1) is 12.6. The minimum Gasteiger partial charge on any atom is -0.385 e. The summed E-state index contributed by atoms with van der Waals surface area (Å²) in [7, 11) is 1.69. The zero-order chi connectivity index (χ0) is 20.5. The Morgan fingerprint density at radius 3 is 2.00 bits per heavy atom. The number of carbonyl (C=O) groups excluding carboxylic acids is 2. The van der Waals surface area contributed by atoms with Crippen LogP contribution in [0.25, 0.3) is 0 Å². The van der Waals surface area contributed by atoms with Gasteiger partial charge in [0, 0.05) is 45.6 Å². The molecule has 0 aromatic heterocycles. The first-order valence-corrected chi connectivity index (χ1v) is 9.87. The third-order valence-electron chi connectivity index (χ3n) is 4.85. The summed E-state index contributed by atoms with van der Waals surface area (Å²) in [6, 6.07) is 0. The maximum absolute atomic E-state index is 11.9. The molecule has 0 fully saturated rings. The van der Waals surface area contributed by atoms with Gasteiger partial charge in [-0.1, -0.05) is 0 Å². The van der Waals surface area contributed by atoms with Gasteiger partial charge in [0.15, 0.2) is 0 Å². The Kier molecular flexibility index (Phi) is 9.63. The number of ether oxygens (including phenoxy) is 3. The van der Waals surface area contributed by atoms with Crippen molar-refractivity contribution in [2.24, 2.45) is 5.41 Å². The van der Waals surface area contributed by atoms with Gasteiger partial charge in [-0.2, -0.15) is 0 Å². The highest BCUT2D eigenvalue weighted by molar-refractivity contribution is 6.12. The first-order valence-electron chi connectivity index (χ1n) is 9.87. The molecule has 0 aromatic rings. The van der Waals surface area contributed by atoms with E-state index >= 15 is 0 Å². The van der Waals surface area contributed by atoms with E-state index in [-0.39, 0.29) is 28.9 Å². The number of methoxy groups -OCH3 is 1. The number of hydrogen-bond donors (Lipinski definition) is 0. The molecule has 2 amide bonds. The standard InChI is InChI=1S/C21H37NO5/c1-17(2)26-15-11-21(10-14-25-6,12-16-27-20(3,4)5)9-13-22-18(23)7-8-19(22)24/h7-8,17H,9-16H2,1-6H3. The molecule has 1 aliphatic rings. The summed E-state index contributed by atoms with van der Waals surface area (Å²) in [5.74, 6) is -0.463. The van der Waals surface area contributed by atoms with E-state index in [0.717, 1.165) is 19.3 Å². The van der Waals surface area contributed by atoms with Crippen molar-refractivity contribution >= 4 is 11.8 Å². The average molecular weight is 384 g/mol. The molecule has 1 rings (SSSR count). The van der Waals surface area contributed by atoms with Crippen LogP contribution in [0.15, 0.2) is 12.2 Å². The van der Waals surface area contributed by atoms with Gasteiger partial charge in [-0.25, -0.2) is 0 Å². The summed E-state index contributed by atoms with van der Waals surface area (Å²) in [6.45, 7) is 12.4. The number of imide groups is 1. The Bertz CT molecular complexity index is 491. The van der Waals surface area contributed by atoms with Crippen molar-refractivity contribution in [1.82, 2.24) is 4.90 Å². The van der Waals surface area contributed by atoms with Crippen LogP contribution in [-0.4, -0.2) is 61.9 Å². The monoisotopic (exact) mass is 383 g/mol. The van der Waals surface area contributed by atoms with E-state index in [1.165, 1.54) is 17.1 Å². The van der Waals surface area contributed by atoms with E-state index in [1.54, 1.807) is 7.11 Å².